The number of carboxylic acid groups (broad SMARTS) is 2. The molecule has 0 aromatic carbocycles. The van der Waals surface area contributed by atoms with Crippen LogP contribution < -0.4 is 10.2 Å². The van der Waals surface area contributed by atoms with Crippen LogP contribution in [0.5, 0.6) is 0 Å². The fourth-order valence-corrected chi connectivity index (χ4v) is 2.78. The fourth-order valence-electron chi connectivity index (χ4n) is 2.52. The number of anilines is 1. The van der Waals surface area contributed by atoms with E-state index >= 15 is 0 Å². The minimum atomic E-state index is -2.27. The van der Waals surface area contributed by atoms with Crippen molar-refractivity contribution in [3.05, 3.63) is 22.4 Å². The molecule has 3 heterocycles. The Morgan fingerprint density at radius 2 is 1.77 bits per heavy atom. The zero-order chi connectivity index (χ0) is 18.7. The number of carbonyl (C=O) groups is 2. The first kappa shape index (κ1) is 22.4. The Balaban J connectivity index is 0.000000274. The maximum atomic E-state index is 9.77. The second-order valence-corrected chi connectivity index (χ2v) is 6.48. The van der Waals surface area contributed by atoms with Crippen LogP contribution >= 0.6 is 23.2 Å². The number of carboxylic acids is 2. The van der Waals surface area contributed by atoms with Gasteiger partial charge in [-0.05, 0) is 6.07 Å². The van der Waals surface area contributed by atoms with Crippen LogP contribution in [0.1, 0.15) is 0 Å². The van der Waals surface area contributed by atoms with Gasteiger partial charge in [0.2, 0.25) is 0 Å². The summed E-state index contributed by atoms with van der Waals surface area (Å²) in [6.45, 7) is 3.28. The van der Waals surface area contributed by atoms with Gasteiger partial charge >= 0.3 is 11.9 Å². The van der Waals surface area contributed by atoms with Crippen molar-refractivity contribution in [1.29, 1.82) is 0 Å². The highest BCUT2D eigenvalue weighted by Crippen LogP contribution is 2.30. The third kappa shape index (κ3) is 5.16. The van der Waals surface area contributed by atoms with Crippen LogP contribution in [-0.4, -0.2) is 80.7 Å². The summed E-state index contributed by atoms with van der Waals surface area (Å²) in [6.07, 6.45) is -2.74. The average molecular weight is 412 g/mol. The van der Waals surface area contributed by atoms with Crippen molar-refractivity contribution in [3.8, 4) is 0 Å². The van der Waals surface area contributed by atoms with Crippen LogP contribution in [0.3, 0.4) is 0 Å². The van der Waals surface area contributed by atoms with Crippen molar-refractivity contribution >= 4 is 40.8 Å². The van der Waals surface area contributed by atoms with Gasteiger partial charge in [-0.3, -0.25) is 0 Å². The van der Waals surface area contributed by atoms with Gasteiger partial charge in [0.05, 0.1) is 16.9 Å². The van der Waals surface area contributed by atoms with Crippen molar-refractivity contribution in [1.82, 2.24) is 10.3 Å². The number of hydrogen-bond donors (Lipinski definition) is 5. The molecule has 26 heavy (non-hydrogen) atoms. The second-order valence-electron chi connectivity index (χ2n) is 5.71. The van der Waals surface area contributed by atoms with E-state index in [1.165, 1.54) is 0 Å². The SMILES string of the molecule is Clc1cc(N2C[C@@H]3CN[C@@H]3C2)cnc1Cl.O.O=C(O)[C@H](O)[C@@H](O)C(=O)O. The highest BCUT2D eigenvalue weighted by Gasteiger charge is 2.39. The molecular formula is C14H19Cl2N3O7. The molecule has 2 saturated heterocycles. The molecule has 2 aliphatic heterocycles. The third-order valence-electron chi connectivity index (χ3n) is 4.04. The van der Waals surface area contributed by atoms with Gasteiger partial charge in [0.25, 0.3) is 0 Å². The number of hydrogen-bond acceptors (Lipinski definition) is 7. The molecule has 1 aromatic heterocycles. The lowest BCUT2D eigenvalue weighted by atomic mass is 9.96. The number of aliphatic hydroxyl groups is 2. The monoisotopic (exact) mass is 411 g/mol. The van der Waals surface area contributed by atoms with Crippen molar-refractivity contribution in [2.24, 2.45) is 5.92 Å². The fraction of sp³-hybridized carbons (Fsp3) is 0.500. The quantitative estimate of drug-likeness (QED) is 0.382. The van der Waals surface area contributed by atoms with Crippen molar-refractivity contribution in [2.75, 3.05) is 24.5 Å². The smallest absolute Gasteiger partial charge is 0.335 e. The lowest BCUT2D eigenvalue weighted by Crippen LogP contribution is -2.51. The van der Waals surface area contributed by atoms with E-state index in [0.717, 1.165) is 31.2 Å². The number of nitrogens with one attached hydrogen (secondary N) is 1. The molecule has 0 unspecified atom stereocenters. The molecule has 2 fully saturated rings. The number of halogens is 2. The van der Waals surface area contributed by atoms with Crippen LogP contribution in [0, 0.1) is 5.92 Å². The molecule has 1 aromatic rings. The summed E-state index contributed by atoms with van der Waals surface area (Å²) in [7, 11) is 0. The van der Waals surface area contributed by atoms with E-state index in [1.54, 1.807) is 6.20 Å². The van der Waals surface area contributed by atoms with E-state index in [2.05, 4.69) is 15.2 Å². The minimum absolute atomic E-state index is 0. The van der Waals surface area contributed by atoms with Crippen molar-refractivity contribution in [3.63, 3.8) is 0 Å². The summed E-state index contributed by atoms with van der Waals surface area (Å²) < 4.78 is 0. The predicted octanol–water partition coefficient (Wildman–Crippen LogP) is -1.15. The number of pyridine rings is 1. The third-order valence-corrected chi connectivity index (χ3v) is 4.72. The van der Waals surface area contributed by atoms with Crippen LogP contribution in [0.4, 0.5) is 5.69 Å². The van der Waals surface area contributed by atoms with E-state index in [4.69, 9.17) is 43.6 Å². The van der Waals surface area contributed by atoms with Gasteiger partial charge in [-0.25, -0.2) is 14.6 Å². The van der Waals surface area contributed by atoms with Crippen LogP contribution in [-0.2, 0) is 9.59 Å². The molecule has 0 saturated carbocycles. The summed E-state index contributed by atoms with van der Waals surface area (Å²) in [5, 5.41) is 36.8. The van der Waals surface area contributed by atoms with Gasteiger partial charge in [0.1, 0.15) is 5.15 Å². The number of aliphatic carboxylic acids is 2. The summed E-state index contributed by atoms with van der Waals surface area (Å²) in [6, 6.07) is 2.54. The lowest BCUT2D eigenvalue weighted by Gasteiger charge is -2.29. The van der Waals surface area contributed by atoms with Gasteiger partial charge < -0.3 is 36.1 Å². The van der Waals surface area contributed by atoms with Gasteiger partial charge in [-0.15, -0.1) is 0 Å². The van der Waals surface area contributed by atoms with E-state index in [1.807, 2.05) is 6.07 Å². The zero-order valence-corrected chi connectivity index (χ0v) is 14.9. The molecule has 10 nitrogen and oxygen atoms in total. The maximum Gasteiger partial charge on any atom is 0.335 e. The first-order valence-electron chi connectivity index (χ1n) is 7.31. The molecule has 0 radical (unpaired) electrons. The van der Waals surface area contributed by atoms with Crippen molar-refractivity contribution < 1.29 is 35.5 Å². The predicted molar refractivity (Wildman–Crippen MR) is 92.6 cm³/mol. The Kier molecular flexibility index (Phi) is 8.00. The Labute approximate surface area is 158 Å². The number of aliphatic hydroxyl groups excluding tert-OH is 2. The average Bonchev–Trinajstić information content (AvgIpc) is 2.84. The summed E-state index contributed by atoms with van der Waals surface area (Å²) >= 11 is 11.7. The highest BCUT2D eigenvalue weighted by molar-refractivity contribution is 6.41. The molecule has 4 atom stereocenters. The molecule has 0 aliphatic carbocycles. The molecule has 3 rings (SSSR count). The standard InChI is InChI=1S/C10H11Cl2N3.C4H6O6.H2O/c11-8-1-7(3-14-10(8)12)15-4-6-2-13-9(6)5-15;5-1(3(7)8)2(6)4(9)10;/h1,3,6,9,13H,2,4-5H2;1-2,5-6H,(H,7,8)(H,9,10);1H2/t6-,9+;1-,2-;/m01./s1. The Bertz CT molecular complexity index is 633. The number of nitrogens with zero attached hydrogens (tertiary/aromatic N) is 2. The normalized spacial score (nSPS) is 22.7. The molecule has 0 amide bonds. The van der Waals surface area contributed by atoms with Crippen LogP contribution in [0.25, 0.3) is 0 Å². The number of aromatic nitrogens is 1. The molecule has 146 valence electrons. The highest BCUT2D eigenvalue weighted by atomic mass is 35.5. The summed E-state index contributed by atoms with van der Waals surface area (Å²) in [5.74, 6) is -2.75. The summed E-state index contributed by atoms with van der Waals surface area (Å²) in [4.78, 5) is 25.9. The van der Waals surface area contributed by atoms with Gasteiger partial charge in [-0.1, -0.05) is 23.2 Å². The van der Waals surface area contributed by atoms with Crippen LogP contribution in [0.15, 0.2) is 12.3 Å². The number of fused-ring (bicyclic) bond motifs is 1. The molecule has 0 spiro atoms. The summed E-state index contributed by atoms with van der Waals surface area (Å²) in [5.41, 5.74) is 1.07. The first-order chi connectivity index (χ1) is 11.7. The first-order valence-corrected chi connectivity index (χ1v) is 8.07. The van der Waals surface area contributed by atoms with Crippen LogP contribution in [0.2, 0.25) is 10.2 Å². The van der Waals surface area contributed by atoms with E-state index in [-0.39, 0.29) is 5.48 Å². The molecule has 7 N–H and O–H groups in total. The molecule has 2 aliphatic rings. The van der Waals surface area contributed by atoms with E-state index in [0.29, 0.717) is 16.2 Å². The minimum Gasteiger partial charge on any atom is -0.479 e. The van der Waals surface area contributed by atoms with Gasteiger partial charge in [-0.2, -0.15) is 0 Å². The zero-order valence-electron chi connectivity index (χ0n) is 13.3. The van der Waals surface area contributed by atoms with Gasteiger partial charge in [0, 0.05) is 31.6 Å². The molecule has 0 bridgehead atoms. The molecular weight excluding hydrogens is 393 g/mol. The number of rotatable bonds is 4. The van der Waals surface area contributed by atoms with Crippen molar-refractivity contribution in [2.45, 2.75) is 18.2 Å². The van der Waals surface area contributed by atoms with Gasteiger partial charge in [0.15, 0.2) is 12.2 Å². The topological polar surface area (TPSA) is 175 Å². The Morgan fingerprint density at radius 1 is 1.19 bits per heavy atom. The van der Waals surface area contributed by atoms with E-state index < -0.39 is 24.1 Å². The Morgan fingerprint density at radius 3 is 2.12 bits per heavy atom. The Hall–Kier alpha value is -1.69. The van der Waals surface area contributed by atoms with E-state index in [9.17, 15) is 9.59 Å². The molecule has 12 heteroatoms. The lowest BCUT2D eigenvalue weighted by molar-refractivity contribution is -0.165. The largest absolute Gasteiger partial charge is 0.479 e. The second kappa shape index (κ2) is 9.31. The maximum absolute atomic E-state index is 9.77.